The number of carbonyl (C=O) groups excluding carboxylic acids is 2. The summed E-state index contributed by atoms with van der Waals surface area (Å²) in [6, 6.07) is 10.9. The van der Waals surface area contributed by atoms with E-state index in [1.54, 1.807) is 64.9 Å². The highest BCUT2D eigenvalue weighted by molar-refractivity contribution is 6.18. The van der Waals surface area contributed by atoms with E-state index in [1.165, 1.54) is 12.2 Å². The van der Waals surface area contributed by atoms with Crippen LogP contribution in [0.25, 0.3) is 12.2 Å². The summed E-state index contributed by atoms with van der Waals surface area (Å²) in [5, 5.41) is 0. The molecule has 0 saturated heterocycles. The van der Waals surface area contributed by atoms with Crippen molar-refractivity contribution < 1.29 is 28.5 Å². The molecule has 0 radical (unpaired) electrons. The predicted molar refractivity (Wildman–Crippen MR) is 131 cm³/mol. The summed E-state index contributed by atoms with van der Waals surface area (Å²) < 4.78 is 21.2. The van der Waals surface area contributed by atoms with Gasteiger partial charge >= 0.3 is 0 Å². The Kier molecular flexibility index (Phi) is 6.51. The molecule has 2 aromatic rings. The van der Waals surface area contributed by atoms with Crippen LogP contribution in [0.4, 0.5) is 0 Å². The lowest BCUT2D eigenvalue weighted by atomic mass is 9.55. The summed E-state index contributed by atoms with van der Waals surface area (Å²) in [7, 11) is 6.29. The predicted octanol–water partition coefficient (Wildman–Crippen LogP) is 5.15. The maximum absolute atomic E-state index is 13.3. The van der Waals surface area contributed by atoms with E-state index >= 15 is 0 Å². The Hall–Kier alpha value is -3.54. The Morgan fingerprint density at radius 2 is 1.09 bits per heavy atom. The number of carbonyl (C=O) groups is 2. The molecule has 0 amide bonds. The van der Waals surface area contributed by atoms with Crippen LogP contribution in [0, 0.1) is 10.8 Å². The van der Waals surface area contributed by atoms with Gasteiger partial charge in [-0.3, -0.25) is 9.59 Å². The van der Waals surface area contributed by atoms with Crippen molar-refractivity contribution in [1.82, 2.24) is 0 Å². The fraction of sp³-hybridized carbons (Fsp3) is 0.357. The molecular formula is C28H30O6. The average Bonchev–Trinajstić information content (AvgIpc) is 3.65. The van der Waals surface area contributed by atoms with Crippen molar-refractivity contribution in [3.8, 4) is 23.0 Å². The second-order valence-electron chi connectivity index (χ2n) is 9.06. The Morgan fingerprint density at radius 1 is 0.676 bits per heavy atom. The van der Waals surface area contributed by atoms with Gasteiger partial charge in [-0.05, 0) is 78.6 Å². The van der Waals surface area contributed by atoms with Crippen molar-refractivity contribution in [3.05, 3.63) is 59.7 Å². The fourth-order valence-electron chi connectivity index (χ4n) is 4.80. The van der Waals surface area contributed by atoms with Crippen molar-refractivity contribution in [2.75, 3.05) is 28.4 Å². The first-order valence-electron chi connectivity index (χ1n) is 11.3. The van der Waals surface area contributed by atoms with Crippen LogP contribution in [0.3, 0.4) is 0 Å². The first-order valence-corrected chi connectivity index (χ1v) is 11.3. The number of methoxy groups -OCH3 is 4. The van der Waals surface area contributed by atoms with Crippen molar-refractivity contribution >= 4 is 23.7 Å². The molecular weight excluding hydrogens is 432 g/mol. The van der Waals surface area contributed by atoms with E-state index < -0.39 is 5.41 Å². The first-order chi connectivity index (χ1) is 16.4. The van der Waals surface area contributed by atoms with Crippen LogP contribution in [0.5, 0.6) is 23.0 Å². The summed E-state index contributed by atoms with van der Waals surface area (Å²) in [5.41, 5.74) is 0.792. The van der Waals surface area contributed by atoms with E-state index in [2.05, 4.69) is 0 Å². The van der Waals surface area contributed by atoms with Crippen LogP contribution in [0.2, 0.25) is 0 Å². The molecule has 0 unspecified atom stereocenters. The van der Waals surface area contributed by atoms with Gasteiger partial charge in [-0.15, -0.1) is 0 Å². The largest absolute Gasteiger partial charge is 0.493 e. The van der Waals surface area contributed by atoms with E-state index in [1.807, 2.05) is 12.1 Å². The van der Waals surface area contributed by atoms with Gasteiger partial charge in [0.2, 0.25) is 0 Å². The SMILES string of the molecule is COc1ccc(/C=C/C(=O)C2(C(=O)/C=C/c3ccc(OC)c(OC)c3)CC3(CC3)C2)cc1OC. The zero-order valence-electron chi connectivity index (χ0n) is 20.1. The van der Waals surface area contributed by atoms with Gasteiger partial charge in [0.05, 0.1) is 33.9 Å². The summed E-state index contributed by atoms with van der Waals surface area (Å²) >= 11 is 0. The lowest BCUT2D eigenvalue weighted by molar-refractivity contribution is -0.145. The van der Waals surface area contributed by atoms with Crippen LogP contribution in [-0.4, -0.2) is 40.0 Å². The third kappa shape index (κ3) is 4.45. The van der Waals surface area contributed by atoms with Gasteiger partial charge in [-0.1, -0.05) is 24.3 Å². The zero-order valence-corrected chi connectivity index (χ0v) is 20.1. The van der Waals surface area contributed by atoms with Gasteiger partial charge in [0.1, 0.15) is 0 Å². The summed E-state index contributed by atoms with van der Waals surface area (Å²) in [5.74, 6) is 2.10. The number of hydrogen-bond acceptors (Lipinski definition) is 6. The molecule has 0 heterocycles. The molecule has 0 atom stereocenters. The number of allylic oxidation sites excluding steroid dienone is 2. The van der Waals surface area contributed by atoms with Gasteiger partial charge < -0.3 is 18.9 Å². The molecule has 6 nitrogen and oxygen atoms in total. The highest BCUT2D eigenvalue weighted by Gasteiger charge is 2.65. The molecule has 2 aliphatic carbocycles. The monoisotopic (exact) mass is 462 g/mol. The molecule has 2 fully saturated rings. The molecule has 1 spiro atoms. The molecule has 2 aliphatic rings. The van der Waals surface area contributed by atoms with E-state index in [9.17, 15) is 9.59 Å². The number of ketones is 2. The van der Waals surface area contributed by atoms with Crippen LogP contribution >= 0.6 is 0 Å². The molecule has 0 bridgehead atoms. The summed E-state index contributed by atoms with van der Waals surface area (Å²) in [4.78, 5) is 26.6. The van der Waals surface area contributed by atoms with Crippen molar-refractivity contribution in [1.29, 1.82) is 0 Å². The highest BCUT2D eigenvalue weighted by atomic mass is 16.5. The van der Waals surface area contributed by atoms with E-state index in [-0.39, 0.29) is 17.0 Å². The average molecular weight is 463 g/mol. The van der Waals surface area contributed by atoms with Crippen molar-refractivity contribution in [2.24, 2.45) is 10.8 Å². The van der Waals surface area contributed by atoms with Crippen molar-refractivity contribution in [3.63, 3.8) is 0 Å². The molecule has 2 saturated carbocycles. The smallest absolute Gasteiger partial charge is 0.169 e. The molecule has 4 rings (SSSR count). The minimum Gasteiger partial charge on any atom is -0.493 e. The molecule has 0 aliphatic heterocycles. The highest BCUT2D eigenvalue weighted by Crippen LogP contribution is 2.69. The molecule has 2 aromatic carbocycles. The molecule has 0 aromatic heterocycles. The van der Waals surface area contributed by atoms with Crippen LogP contribution in [0.1, 0.15) is 36.8 Å². The lowest BCUT2D eigenvalue weighted by Gasteiger charge is -2.45. The van der Waals surface area contributed by atoms with E-state index in [4.69, 9.17) is 18.9 Å². The minimum absolute atomic E-state index is 0.151. The number of ether oxygens (including phenoxy) is 4. The molecule has 6 heteroatoms. The van der Waals surface area contributed by atoms with E-state index in [0.29, 0.717) is 35.8 Å². The number of benzene rings is 2. The van der Waals surface area contributed by atoms with Gasteiger partial charge in [0.15, 0.2) is 34.6 Å². The second kappa shape index (κ2) is 9.37. The minimum atomic E-state index is -0.989. The maximum Gasteiger partial charge on any atom is 0.169 e. The maximum atomic E-state index is 13.3. The molecule has 178 valence electrons. The van der Waals surface area contributed by atoms with Crippen molar-refractivity contribution in [2.45, 2.75) is 25.7 Å². The Bertz CT molecular complexity index is 1070. The summed E-state index contributed by atoms with van der Waals surface area (Å²) in [6.07, 6.45) is 9.93. The number of hydrogen-bond donors (Lipinski definition) is 0. The molecule has 34 heavy (non-hydrogen) atoms. The third-order valence-electron chi connectivity index (χ3n) is 6.92. The number of rotatable bonds is 10. The van der Waals surface area contributed by atoms with Crippen LogP contribution in [-0.2, 0) is 9.59 Å². The zero-order chi connectivity index (χ0) is 24.3. The fourth-order valence-corrected chi connectivity index (χ4v) is 4.80. The lowest BCUT2D eigenvalue weighted by Crippen LogP contribution is -2.49. The normalized spacial score (nSPS) is 17.4. The van der Waals surface area contributed by atoms with E-state index in [0.717, 1.165) is 24.0 Å². The second-order valence-corrected chi connectivity index (χ2v) is 9.06. The van der Waals surface area contributed by atoms with Gasteiger partial charge in [0.25, 0.3) is 0 Å². The standard InChI is InChI=1S/C28H30O6/c1-31-21-9-5-19(15-23(21)33-3)7-11-25(29)28(17-27(18-28)13-14-27)26(30)12-8-20-6-10-22(32-2)24(16-20)34-4/h5-12,15-16H,13-14,17-18H2,1-4H3/b11-7+,12-8+. The third-order valence-corrected chi connectivity index (χ3v) is 6.92. The quantitative estimate of drug-likeness (QED) is 0.359. The van der Waals surface area contributed by atoms with Gasteiger partial charge in [-0.25, -0.2) is 0 Å². The first kappa shape index (κ1) is 23.6. The Morgan fingerprint density at radius 3 is 1.44 bits per heavy atom. The van der Waals surface area contributed by atoms with Crippen LogP contribution < -0.4 is 18.9 Å². The van der Waals surface area contributed by atoms with Gasteiger partial charge in [0, 0.05) is 0 Å². The summed E-state index contributed by atoms with van der Waals surface area (Å²) in [6.45, 7) is 0. The Balaban J connectivity index is 1.54. The Labute approximate surface area is 200 Å². The topological polar surface area (TPSA) is 71.1 Å². The van der Waals surface area contributed by atoms with Crippen LogP contribution in [0.15, 0.2) is 48.6 Å². The molecule has 0 N–H and O–H groups in total. The van der Waals surface area contributed by atoms with Gasteiger partial charge in [-0.2, -0.15) is 0 Å².